The summed E-state index contributed by atoms with van der Waals surface area (Å²) in [4.78, 5) is 23.9. The van der Waals surface area contributed by atoms with Crippen LogP contribution in [0.4, 0.5) is 0 Å². The predicted molar refractivity (Wildman–Crippen MR) is 120 cm³/mol. The van der Waals surface area contributed by atoms with Crippen LogP contribution in [0.15, 0.2) is 27.4 Å². The molecule has 0 aliphatic heterocycles. The van der Waals surface area contributed by atoms with Gasteiger partial charge in [-0.1, -0.05) is 58.3 Å². The molecule has 0 fully saturated rings. The zero-order valence-electron chi connectivity index (χ0n) is 18.8. The van der Waals surface area contributed by atoms with Crippen molar-refractivity contribution in [3.05, 3.63) is 39.7 Å². The van der Waals surface area contributed by atoms with Gasteiger partial charge in [0.15, 0.2) is 6.61 Å². The van der Waals surface area contributed by atoms with Crippen LogP contribution in [0.1, 0.15) is 82.8 Å². The molecule has 0 atom stereocenters. The molecule has 1 aromatic carbocycles. The number of ether oxygens (including phenoxy) is 2. The van der Waals surface area contributed by atoms with Crippen molar-refractivity contribution in [3.8, 4) is 5.75 Å². The van der Waals surface area contributed by atoms with Crippen LogP contribution in [0.25, 0.3) is 11.0 Å². The highest BCUT2D eigenvalue weighted by molar-refractivity contribution is 5.82. The minimum Gasteiger partial charge on any atom is -0.482 e. The average molecular weight is 417 g/mol. The monoisotopic (exact) mass is 416 g/mol. The van der Waals surface area contributed by atoms with E-state index in [2.05, 4.69) is 6.92 Å². The van der Waals surface area contributed by atoms with Crippen LogP contribution in [0.5, 0.6) is 5.75 Å². The van der Waals surface area contributed by atoms with E-state index >= 15 is 0 Å². The molecule has 0 radical (unpaired) electrons. The van der Waals surface area contributed by atoms with Crippen molar-refractivity contribution in [2.24, 2.45) is 0 Å². The molecular formula is C25H36O5. The van der Waals surface area contributed by atoms with Gasteiger partial charge in [-0.2, -0.15) is 0 Å². The Hall–Kier alpha value is -2.30. The van der Waals surface area contributed by atoms with Crippen molar-refractivity contribution in [2.75, 3.05) is 13.2 Å². The van der Waals surface area contributed by atoms with E-state index in [1.807, 2.05) is 13.0 Å². The molecule has 0 aliphatic rings. The highest BCUT2D eigenvalue weighted by Crippen LogP contribution is 2.25. The van der Waals surface area contributed by atoms with Gasteiger partial charge >= 0.3 is 11.6 Å². The molecule has 166 valence electrons. The Morgan fingerprint density at radius 1 is 0.967 bits per heavy atom. The first-order chi connectivity index (χ1) is 14.6. The smallest absolute Gasteiger partial charge is 0.344 e. The molecule has 0 bridgehead atoms. The quantitative estimate of drug-likeness (QED) is 0.211. The maximum Gasteiger partial charge on any atom is 0.344 e. The second kappa shape index (κ2) is 13.1. The third-order valence-corrected chi connectivity index (χ3v) is 5.45. The van der Waals surface area contributed by atoms with Gasteiger partial charge in [-0.15, -0.1) is 0 Å². The topological polar surface area (TPSA) is 65.7 Å². The van der Waals surface area contributed by atoms with Crippen LogP contribution < -0.4 is 10.4 Å². The van der Waals surface area contributed by atoms with E-state index in [-0.39, 0.29) is 12.2 Å². The minimum atomic E-state index is -0.425. The van der Waals surface area contributed by atoms with Crippen molar-refractivity contribution in [3.63, 3.8) is 0 Å². The number of unbranched alkanes of at least 4 members (excludes halogenated alkanes) is 8. The number of hydrogen-bond donors (Lipinski definition) is 0. The number of hydrogen-bond acceptors (Lipinski definition) is 5. The van der Waals surface area contributed by atoms with Gasteiger partial charge in [0.05, 0.1) is 6.61 Å². The summed E-state index contributed by atoms with van der Waals surface area (Å²) in [6.07, 6.45) is 12.0. The first-order valence-corrected chi connectivity index (χ1v) is 11.4. The Bertz CT molecular complexity index is 852. The maximum atomic E-state index is 12.5. The van der Waals surface area contributed by atoms with Crippen molar-refractivity contribution in [1.82, 2.24) is 0 Å². The molecule has 5 heteroatoms. The average Bonchev–Trinajstić information content (AvgIpc) is 2.73. The Labute approximate surface area is 179 Å². The number of aryl methyl sites for hydroxylation is 1. The summed E-state index contributed by atoms with van der Waals surface area (Å²) in [7, 11) is 0. The molecule has 0 saturated heterocycles. The molecule has 0 saturated carbocycles. The van der Waals surface area contributed by atoms with Crippen LogP contribution in [-0.4, -0.2) is 19.2 Å². The van der Waals surface area contributed by atoms with E-state index in [4.69, 9.17) is 13.9 Å². The lowest BCUT2D eigenvalue weighted by molar-refractivity contribution is -0.145. The maximum absolute atomic E-state index is 12.5. The summed E-state index contributed by atoms with van der Waals surface area (Å²) >= 11 is 0. The van der Waals surface area contributed by atoms with Gasteiger partial charge in [-0.05, 0) is 44.4 Å². The van der Waals surface area contributed by atoms with Crippen LogP contribution in [0, 0.1) is 6.92 Å². The number of carbonyl (C=O) groups excluding carboxylic acids is 1. The highest BCUT2D eigenvalue weighted by Gasteiger charge is 2.12. The van der Waals surface area contributed by atoms with Crippen LogP contribution in [-0.2, 0) is 16.0 Å². The molecule has 2 rings (SSSR count). The van der Waals surface area contributed by atoms with Gasteiger partial charge in [0.1, 0.15) is 11.3 Å². The molecular weight excluding hydrogens is 380 g/mol. The normalized spacial score (nSPS) is 11.0. The summed E-state index contributed by atoms with van der Waals surface area (Å²) in [5.74, 6) is 0.0522. The van der Waals surface area contributed by atoms with Gasteiger partial charge in [0.25, 0.3) is 0 Å². The van der Waals surface area contributed by atoms with Gasteiger partial charge in [0, 0.05) is 17.0 Å². The molecule has 0 aliphatic carbocycles. The lowest BCUT2D eigenvalue weighted by atomic mass is 10.00. The third kappa shape index (κ3) is 7.51. The molecule has 0 unspecified atom stereocenters. The first-order valence-electron chi connectivity index (χ1n) is 11.4. The third-order valence-electron chi connectivity index (χ3n) is 5.45. The second-order valence-electron chi connectivity index (χ2n) is 7.82. The Morgan fingerprint density at radius 3 is 2.30 bits per heavy atom. The highest BCUT2D eigenvalue weighted by atomic mass is 16.6. The largest absolute Gasteiger partial charge is 0.482 e. The number of rotatable bonds is 14. The lowest BCUT2D eigenvalue weighted by Gasteiger charge is -2.10. The zero-order chi connectivity index (χ0) is 21.8. The van der Waals surface area contributed by atoms with Crippen LogP contribution in [0.3, 0.4) is 0 Å². The van der Waals surface area contributed by atoms with Crippen molar-refractivity contribution in [2.45, 2.75) is 85.0 Å². The number of fused-ring (bicyclic) bond motifs is 1. The van der Waals surface area contributed by atoms with Crippen LogP contribution >= 0.6 is 0 Å². The molecule has 1 heterocycles. The molecule has 1 aromatic heterocycles. The van der Waals surface area contributed by atoms with E-state index in [1.165, 1.54) is 44.9 Å². The molecule has 5 nitrogen and oxygen atoms in total. The van der Waals surface area contributed by atoms with E-state index < -0.39 is 5.97 Å². The summed E-state index contributed by atoms with van der Waals surface area (Å²) in [5, 5.41) is 0.906. The fourth-order valence-electron chi connectivity index (χ4n) is 3.71. The summed E-state index contributed by atoms with van der Waals surface area (Å²) < 4.78 is 15.8. The van der Waals surface area contributed by atoms with Crippen molar-refractivity contribution in [1.29, 1.82) is 0 Å². The number of esters is 1. The zero-order valence-corrected chi connectivity index (χ0v) is 18.8. The minimum absolute atomic E-state index is 0.167. The fourth-order valence-corrected chi connectivity index (χ4v) is 3.71. The number of carbonyl (C=O) groups is 1. The van der Waals surface area contributed by atoms with Gasteiger partial charge in [-0.3, -0.25) is 0 Å². The first kappa shape index (κ1) is 24.0. The van der Waals surface area contributed by atoms with E-state index in [0.29, 0.717) is 17.9 Å². The SMILES string of the molecule is CCCCCCCCCCCc1c(C)c2ccc(OCC(=O)OCC)cc2oc1=O. The van der Waals surface area contributed by atoms with E-state index in [9.17, 15) is 9.59 Å². The van der Waals surface area contributed by atoms with E-state index in [1.54, 1.807) is 19.1 Å². The van der Waals surface area contributed by atoms with Gasteiger partial charge < -0.3 is 13.9 Å². The standard InChI is InChI=1S/C25H36O5/c1-4-6-7-8-9-10-11-12-13-14-22-19(3)21-16-15-20(17-23(21)30-25(22)27)29-18-24(26)28-5-2/h15-17H,4-14,18H2,1-3H3. The van der Waals surface area contributed by atoms with Crippen LogP contribution in [0.2, 0.25) is 0 Å². The molecule has 30 heavy (non-hydrogen) atoms. The molecule has 0 spiro atoms. The molecule has 0 amide bonds. The molecule has 2 aromatic rings. The predicted octanol–water partition coefficient (Wildman–Crippen LogP) is 6.12. The summed E-state index contributed by atoms with van der Waals surface area (Å²) in [5.41, 5.74) is 1.94. The van der Waals surface area contributed by atoms with Gasteiger partial charge in [0.2, 0.25) is 0 Å². The van der Waals surface area contributed by atoms with E-state index in [0.717, 1.165) is 35.8 Å². The van der Waals surface area contributed by atoms with Crippen molar-refractivity contribution >= 4 is 16.9 Å². The Kier molecular flexibility index (Phi) is 10.5. The lowest BCUT2D eigenvalue weighted by Crippen LogP contribution is -2.14. The second-order valence-corrected chi connectivity index (χ2v) is 7.82. The Balaban J connectivity index is 1.89. The number of benzene rings is 1. The van der Waals surface area contributed by atoms with Crippen molar-refractivity contribution < 1.29 is 18.7 Å². The Morgan fingerprint density at radius 2 is 1.63 bits per heavy atom. The summed E-state index contributed by atoms with van der Waals surface area (Å²) in [6.45, 7) is 6.11. The fraction of sp³-hybridized carbons (Fsp3) is 0.600. The summed E-state index contributed by atoms with van der Waals surface area (Å²) in [6, 6.07) is 5.33. The molecule has 0 N–H and O–H groups in total. The van der Waals surface area contributed by atoms with Gasteiger partial charge in [-0.25, -0.2) is 9.59 Å².